The van der Waals surface area contributed by atoms with E-state index in [0.29, 0.717) is 5.76 Å². The maximum absolute atomic E-state index is 12.0. The predicted molar refractivity (Wildman–Crippen MR) is 74.4 cm³/mol. The third-order valence-electron chi connectivity index (χ3n) is 3.08. The highest BCUT2D eigenvalue weighted by Gasteiger charge is 2.12. The van der Waals surface area contributed by atoms with Crippen molar-refractivity contribution in [2.45, 2.75) is 13.8 Å². The SMILES string of the molecule is Cc1cc2cc(NC(=O)c3occc3C)ccc2[nH]1. The smallest absolute Gasteiger partial charge is 0.291 e. The minimum Gasteiger partial charge on any atom is -0.459 e. The zero-order valence-electron chi connectivity index (χ0n) is 10.8. The summed E-state index contributed by atoms with van der Waals surface area (Å²) in [6, 6.07) is 9.58. The van der Waals surface area contributed by atoms with Crippen LogP contribution in [0, 0.1) is 13.8 Å². The summed E-state index contributed by atoms with van der Waals surface area (Å²) in [7, 11) is 0. The molecule has 4 heteroatoms. The maximum Gasteiger partial charge on any atom is 0.291 e. The Hall–Kier alpha value is -2.49. The molecule has 0 saturated heterocycles. The molecule has 19 heavy (non-hydrogen) atoms. The molecular weight excluding hydrogens is 240 g/mol. The van der Waals surface area contributed by atoms with E-state index in [2.05, 4.69) is 10.3 Å². The van der Waals surface area contributed by atoms with E-state index in [1.807, 2.05) is 38.1 Å². The second kappa shape index (κ2) is 4.31. The van der Waals surface area contributed by atoms with Crippen LogP contribution in [-0.2, 0) is 0 Å². The molecular formula is C15H14N2O2. The quantitative estimate of drug-likeness (QED) is 0.733. The lowest BCUT2D eigenvalue weighted by atomic mass is 10.2. The largest absolute Gasteiger partial charge is 0.459 e. The fourth-order valence-corrected chi connectivity index (χ4v) is 2.15. The van der Waals surface area contributed by atoms with Crippen molar-refractivity contribution < 1.29 is 9.21 Å². The Kier molecular flexibility index (Phi) is 2.63. The van der Waals surface area contributed by atoms with Gasteiger partial charge in [0.15, 0.2) is 5.76 Å². The van der Waals surface area contributed by atoms with Gasteiger partial charge in [-0.25, -0.2) is 0 Å². The van der Waals surface area contributed by atoms with Crippen LogP contribution in [0.25, 0.3) is 10.9 Å². The van der Waals surface area contributed by atoms with Crippen molar-refractivity contribution in [1.29, 1.82) is 0 Å². The number of anilines is 1. The van der Waals surface area contributed by atoms with Crippen LogP contribution in [0.2, 0.25) is 0 Å². The van der Waals surface area contributed by atoms with Gasteiger partial charge in [0.05, 0.1) is 6.26 Å². The number of hydrogen-bond donors (Lipinski definition) is 2. The zero-order chi connectivity index (χ0) is 13.4. The standard InChI is InChI=1S/C15H14N2O2/c1-9-5-6-19-14(9)15(18)17-12-3-4-13-11(8-12)7-10(2)16-13/h3-8,16H,1-2H3,(H,17,18). The van der Waals surface area contributed by atoms with Gasteiger partial charge in [-0.1, -0.05) is 0 Å². The molecule has 0 aliphatic carbocycles. The molecule has 3 aromatic rings. The Bertz CT molecular complexity index is 752. The van der Waals surface area contributed by atoms with Gasteiger partial charge in [-0.3, -0.25) is 4.79 Å². The van der Waals surface area contributed by atoms with Crippen LogP contribution in [0.3, 0.4) is 0 Å². The van der Waals surface area contributed by atoms with Crippen molar-refractivity contribution in [2.24, 2.45) is 0 Å². The Morgan fingerprint density at radius 1 is 1.21 bits per heavy atom. The number of benzene rings is 1. The molecule has 0 bridgehead atoms. The second-order valence-corrected chi connectivity index (χ2v) is 4.64. The Labute approximate surface area is 110 Å². The lowest BCUT2D eigenvalue weighted by Gasteiger charge is -2.04. The lowest BCUT2D eigenvalue weighted by Crippen LogP contribution is -2.11. The number of aromatic amines is 1. The van der Waals surface area contributed by atoms with E-state index in [1.54, 1.807) is 6.07 Å². The Balaban J connectivity index is 1.89. The number of H-pyrrole nitrogens is 1. The van der Waals surface area contributed by atoms with E-state index in [-0.39, 0.29) is 5.91 Å². The molecule has 0 saturated carbocycles. The number of furan rings is 1. The average molecular weight is 254 g/mol. The first-order valence-electron chi connectivity index (χ1n) is 6.08. The van der Waals surface area contributed by atoms with E-state index in [0.717, 1.165) is 27.8 Å². The number of nitrogens with one attached hydrogen (secondary N) is 2. The number of fused-ring (bicyclic) bond motifs is 1. The molecule has 2 N–H and O–H groups in total. The maximum atomic E-state index is 12.0. The molecule has 0 spiro atoms. The third kappa shape index (κ3) is 2.12. The number of carbonyl (C=O) groups is 1. The van der Waals surface area contributed by atoms with E-state index in [9.17, 15) is 4.79 Å². The van der Waals surface area contributed by atoms with Crippen molar-refractivity contribution in [3.63, 3.8) is 0 Å². The van der Waals surface area contributed by atoms with Gasteiger partial charge in [0.25, 0.3) is 5.91 Å². The summed E-state index contributed by atoms with van der Waals surface area (Å²) < 4.78 is 5.17. The van der Waals surface area contributed by atoms with E-state index in [4.69, 9.17) is 4.42 Å². The highest BCUT2D eigenvalue weighted by Crippen LogP contribution is 2.20. The summed E-state index contributed by atoms with van der Waals surface area (Å²) >= 11 is 0. The summed E-state index contributed by atoms with van der Waals surface area (Å²) in [5, 5.41) is 3.92. The minimum absolute atomic E-state index is 0.228. The Morgan fingerprint density at radius 2 is 2.05 bits per heavy atom. The first-order chi connectivity index (χ1) is 9.13. The van der Waals surface area contributed by atoms with Crippen molar-refractivity contribution in [1.82, 2.24) is 4.98 Å². The predicted octanol–water partition coefficient (Wildman–Crippen LogP) is 3.63. The highest BCUT2D eigenvalue weighted by atomic mass is 16.3. The fraction of sp³-hybridized carbons (Fsp3) is 0.133. The number of aryl methyl sites for hydroxylation is 2. The zero-order valence-corrected chi connectivity index (χ0v) is 10.8. The van der Waals surface area contributed by atoms with Crippen molar-refractivity contribution in [3.8, 4) is 0 Å². The van der Waals surface area contributed by atoms with Gasteiger partial charge in [-0.2, -0.15) is 0 Å². The summed E-state index contributed by atoms with van der Waals surface area (Å²) in [6.45, 7) is 3.85. The molecule has 1 aromatic carbocycles. The summed E-state index contributed by atoms with van der Waals surface area (Å²) in [5.41, 5.74) is 3.74. The summed E-state index contributed by atoms with van der Waals surface area (Å²) in [4.78, 5) is 15.3. The van der Waals surface area contributed by atoms with Crippen LogP contribution in [0.15, 0.2) is 41.0 Å². The summed E-state index contributed by atoms with van der Waals surface area (Å²) in [5.74, 6) is 0.124. The fourth-order valence-electron chi connectivity index (χ4n) is 2.15. The lowest BCUT2D eigenvalue weighted by molar-refractivity contribution is 0.0996. The van der Waals surface area contributed by atoms with E-state index < -0.39 is 0 Å². The second-order valence-electron chi connectivity index (χ2n) is 4.64. The van der Waals surface area contributed by atoms with Crippen molar-refractivity contribution in [2.75, 3.05) is 5.32 Å². The van der Waals surface area contributed by atoms with Gasteiger partial charge < -0.3 is 14.7 Å². The van der Waals surface area contributed by atoms with E-state index >= 15 is 0 Å². The van der Waals surface area contributed by atoms with Gasteiger partial charge in [0.1, 0.15) is 0 Å². The van der Waals surface area contributed by atoms with Gasteiger partial charge in [0, 0.05) is 27.8 Å². The normalized spacial score (nSPS) is 10.8. The number of aromatic nitrogens is 1. The topological polar surface area (TPSA) is 58.0 Å². The van der Waals surface area contributed by atoms with Gasteiger partial charge in [-0.15, -0.1) is 0 Å². The van der Waals surface area contributed by atoms with Crippen LogP contribution in [0.1, 0.15) is 21.8 Å². The monoisotopic (exact) mass is 254 g/mol. The number of carbonyl (C=O) groups excluding carboxylic acids is 1. The van der Waals surface area contributed by atoms with Crippen molar-refractivity contribution >= 4 is 22.5 Å². The van der Waals surface area contributed by atoms with Gasteiger partial charge >= 0.3 is 0 Å². The molecule has 96 valence electrons. The summed E-state index contributed by atoms with van der Waals surface area (Å²) in [6.07, 6.45) is 1.52. The molecule has 3 rings (SSSR count). The molecule has 0 radical (unpaired) electrons. The minimum atomic E-state index is -0.228. The van der Waals surface area contributed by atoms with Crippen LogP contribution in [0.4, 0.5) is 5.69 Å². The third-order valence-corrected chi connectivity index (χ3v) is 3.08. The number of amides is 1. The van der Waals surface area contributed by atoms with E-state index in [1.165, 1.54) is 6.26 Å². The molecule has 2 heterocycles. The Morgan fingerprint density at radius 3 is 2.79 bits per heavy atom. The van der Waals surface area contributed by atoms with Crippen molar-refractivity contribution in [3.05, 3.63) is 53.6 Å². The molecule has 4 nitrogen and oxygen atoms in total. The van der Waals surface area contributed by atoms with Gasteiger partial charge in [-0.05, 0) is 44.2 Å². The van der Waals surface area contributed by atoms with Crippen LogP contribution < -0.4 is 5.32 Å². The van der Waals surface area contributed by atoms with Crippen LogP contribution >= 0.6 is 0 Å². The van der Waals surface area contributed by atoms with Gasteiger partial charge in [0.2, 0.25) is 0 Å². The molecule has 0 atom stereocenters. The molecule has 0 aliphatic rings. The molecule has 0 aliphatic heterocycles. The average Bonchev–Trinajstić information content (AvgIpc) is 2.93. The molecule has 0 unspecified atom stereocenters. The first-order valence-corrected chi connectivity index (χ1v) is 6.08. The number of hydrogen-bond acceptors (Lipinski definition) is 2. The van der Waals surface area contributed by atoms with Crippen LogP contribution in [0.5, 0.6) is 0 Å². The molecule has 2 aromatic heterocycles. The highest BCUT2D eigenvalue weighted by molar-refractivity contribution is 6.04. The molecule has 1 amide bonds. The molecule has 0 fully saturated rings. The van der Waals surface area contributed by atoms with Crippen LogP contribution in [-0.4, -0.2) is 10.9 Å². The number of rotatable bonds is 2. The first kappa shape index (κ1) is 11.6.